The number of anilines is 2. The van der Waals surface area contributed by atoms with Crippen molar-refractivity contribution in [3.8, 4) is 0 Å². The van der Waals surface area contributed by atoms with Gasteiger partial charge in [0.05, 0.1) is 15.7 Å². The summed E-state index contributed by atoms with van der Waals surface area (Å²) >= 11 is 0. The number of rotatable bonds is 4. The molecule has 7 nitrogen and oxygen atoms in total. The molecule has 1 saturated heterocycles. The van der Waals surface area contributed by atoms with Gasteiger partial charge in [-0.05, 0) is 62.0 Å². The Morgan fingerprint density at radius 2 is 1.93 bits per heavy atom. The van der Waals surface area contributed by atoms with E-state index >= 15 is 0 Å². The molecule has 2 heterocycles. The lowest BCUT2D eigenvalue weighted by molar-refractivity contribution is 0.169. The fourth-order valence-electron chi connectivity index (χ4n) is 5.27. The summed E-state index contributed by atoms with van der Waals surface area (Å²) in [5.74, 6) is 1.20. The quantitative estimate of drug-likeness (QED) is 0.774. The molecule has 0 amide bonds. The second kappa shape index (κ2) is 7.50. The number of nitrogens with zero attached hydrogens (tertiary/aromatic N) is 3. The van der Waals surface area contributed by atoms with Crippen molar-refractivity contribution < 1.29 is 4.21 Å². The van der Waals surface area contributed by atoms with Crippen LogP contribution in [0.25, 0.3) is 0 Å². The van der Waals surface area contributed by atoms with E-state index in [0.717, 1.165) is 38.8 Å². The van der Waals surface area contributed by atoms with Crippen LogP contribution in [-0.2, 0) is 24.5 Å². The Labute approximate surface area is 180 Å². The number of piperidine rings is 1. The van der Waals surface area contributed by atoms with Crippen molar-refractivity contribution in [2.45, 2.75) is 50.2 Å². The van der Waals surface area contributed by atoms with Crippen LogP contribution < -0.4 is 21.3 Å². The van der Waals surface area contributed by atoms with Crippen LogP contribution in [0.2, 0.25) is 0 Å². The van der Waals surface area contributed by atoms with Crippen molar-refractivity contribution in [1.29, 1.82) is 0 Å². The third-order valence-corrected chi connectivity index (χ3v) is 8.38. The van der Waals surface area contributed by atoms with Gasteiger partial charge in [0.25, 0.3) is 5.56 Å². The predicted octanol–water partition coefficient (Wildman–Crippen LogP) is 2.08. The molecule has 1 spiro atoms. The zero-order valence-electron chi connectivity index (χ0n) is 17.9. The average Bonchev–Trinajstić information content (AvgIpc) is 2.98. The van der Waals surface area contributed by atoms with Crippen LogP contribution in [0.5, 0.6) is 0 Å². The largest absolute Gasteiger partial charge is 0.383 e. The first-order valence-electron chi connectivity index (χ1n) is 10.5. The molecule has 4 N–H and O–H groups in total. The van der Waals surface area contributed by atoms with E-state index in [2.05, 4.69) is 34.1 Å². The molecule has 8 heteroatoms. The van der Waals surface area contributed by atoms with Gasteiger partial charge in [0.15, 0.2) is 0 Å². The number of nitrogen functional groups attached to an aromatic ring is 1. The Balaban J connectivity index is 1.63. The van der Waals surface area contributed by atoms with E-state index in [1.807, 2.05) is 13.8 Å². The smallest absolute Gasteiger partial charge is 0.256 e. The number of fused-ring (bicyclic) bond motifs is 1. The summed E-state index contributed by atoms with van der Waals surface area (Å²) in [6.07, 6.45) is 3.77. The van der Waals surface area contributed by atoms with Gasteiger partial charge in [0.2, 0.25) is 5.95 Å². The maximum Gasteiger partial charge on any atom is 0.256 e. The highest BCUT2D eigenvalue weighted by molar-refractivity contribution is 7.84. The molecule has 2 atom stereocenters. The Hall–Kier alpha value is -2.19. The molecular weight excluding hydrogens is 398 g/mol. The molecule has 1 aromatic carbocycles. The van der Waals surface area contributed by atoms with Crippen molar-refractivity contribution >= 4 is 22.8 Å². The Morgan fingerprint density at radius 1 is 1.27 bits per heavy atom. The molecule has 1 unspecified atom stereocenters. The van der Waals surface area contributed by atoms with Crippen molar-refractivity contribution in [3.05, 3.63) is 51.8 Å². The van der Waals surface area contributed by atoms with Gasteiger partial charge in [-0.1, -0.05) is 24.3 Å². The van der Waals surface area contributed by atoms with Crippen molar-refractivity contribution in [3.63, 3.8) is 0 Å². The van der Waals surface area contributed by atoms with E-state index in [1.54, 1.807) is 11.6 Å². The maximum absolute atomic E-state index is 12.2. The van der Waals surface area contributed by atoms with Crippen molar-refractivity contribution in [2.24, 2.45) is 17.6 Å². The standard InChI is InChI=1S/C22H31N5O2S/c1-21(2,30(24)29)14-17-16-7-5-4-6-15(16)13-22(17)8-10-27(11-9-22)20-25-18(23)12-19(28)26(20)3/h4-7,12,17H,8-11,13-14,23-24H2,1-3H3/t17-,30?/m1/s1. The summed E-state index contributed by atoms with van der Waals surface area (Å²) < 4.78 is 13.3. The molecule has 1 fully saturated rings. The highest BCUT2D eigenvalue weighted by Crippen LogP contribution is 2.56. The lowest BCUT2D eigenvalue weighted by atomic mass is 9.67. The van der Waals surface area contributed by atoms with E-state index in [9.17, 15) is 9.00 Å². The molecule has 0 radical (unpaired) electrons. The highest BCUT2D eigenvalue weighted by Gasteiger charge is 2.49. The number of hydrogen-bond donors (Lipinski definition) is 2. The first kappa shape index (κ1) is 21.1. The molecule has 2 aromatic rings. The summed E-state index contributed by atoms with van der Waals surface area (Å²) in [6, 6.07) is 9.99. The van der Waals surface area contributed by atoms with E-state index in [1.165, 1.54) is 17.2 Å². The van der Waals surface area contributed by atoms with Crippen LogP contribution in [0.4, 0.5) is 11.8 Å². The van der Waals surface area contributed by atoms with Gasteiger partial charge >= 0.3 is 0 Å². The summed E-state index contributed by atoms with van der Waals surface area (Å²) in [4.78, 5) is 18.7. The van der Waals surface area contributed by atoms with Gasteiger partial charge < -0.3 is 10.6 Å². The number of hydrogen-bond acceptors (Lipinski definition) is 5. The lowest BCUT2D eigenvalue weighted by Crippen LogP contribution is -2.46. The summed E-state index contributed by atoms with van der Waals surface area (Å²) in [5, 5.41) is 5.84. The molecular formula is C22H31N5O2S. The Kier molecular flexibility index (Phi) is 5.26. The van der Waals surface area contributed by atoms with Gasteiger partial charge in [0, 0.05) is 26.2 Å². The summed E-state index contributed by atoms with van der Waals surface area (Å²) in [6.45, 7) is 5.61. The number of aromatic nitrogens is 2. The SMILES string of the molecule is Cn1c(N2CCC3(CC2)Cc2ccccc2[C@H]3CC(C)(C)S(N)=O)nc(N)cc1=O. The maximum atomic E-state index is 12.2. The highest BCUT2D eigenvalue weighted by atomic mass is 32.2. The van der Waals surface area contributed by atoms with Crippen LogP contribution in [0.3, 0.4) is 0 Å². The van der Waals surface area contributed by atoms with Crippen LogP contribution in [0, 0.1) is 5.41 Å². The van der Waals surface area contributed by atoms with Gasteiger partial charge in [-0.15, -0.1) is 0 Å². The molecule has 2 aliphatic rings. The lowest BCUT2D eigenvalue weighted by Gasteiger charge is -2.45. The molecule has 4 rings (SSSR count). The second-order valence-electron chi connectivity index (χ2n) is 9.42. The third kappa shape index (κ3) is 3.56. The minimum atomic E-state index is -1.39. The van der Waals surface area contributed by atoms with Gasteiger partial charge in [-0.3, -0.25) is 14.5 Å². The van der Waals surface area contributed by atoms with Crippen LogP contribution >= 0.6 is 0 Å². The topological polar surface area (TPSA) is 107 Å². The van der Waals surface area contributed by atoms with Gasteiger partial charge in [0.1, 0.15) is 5.82 Å². The third-order valence-electron chi connectivity index (χ3n) is 7.13. The Bertz CT molecular complexity index is 1040. The van der Waals surface area contributed by atoms with Crippen LogP contribution in [0.1, 0.15) is 50.2 Å². The van der Waals surface area contributed by atoms with Crippen molar-refractivity contribution in [1.82, 2.24) is 9.55 Å². The van der Waals surface area contributed by atoms with E-state index < -0.39 is 15.7 Å². The van der Waals surface area contributed by atoms with Crippen LogP contribution in [-0.4, -0.2) is 31.6 Å². The van der Waals surface area contributed by atoms with E-state index in [-0.39, 0.29) is 16.8 Å². The molecule has 0 saturated carbocycles. The molecule has 0 bridgehead atoms. The molecule has 30 heavy (non-hydrogen) atoms. The fourth-order valence-corrected chi connectivity index (χ4v) is 5.60. The molecule has 1 aliphatic heterocycles. The van der Waals surface area contributed by atoms with E-state index in [0.29, 0.717) is 11.9 Å². The normalized spacial score (nSPS) is 21.6. The first-order valence-corrected chi connectivity index (χ1v) is 11.7. The number of nitrogens with two attached hydrogens (primary N) is 2. The monoisotopic (exact) mass is 429 g/mol. The fraction of sp³-hybridized carbons (Fsp3) is 0.545. The zero-order chi connectivity index (χ0) is 21.7. The predicted molar refractivity (Wildman–Crippen MR) is 122 cm³/mol. The Morgan fingerprint density at radius 3 is 2.60 bits per heavy atom. The van der Waals surface area contributed by atoms with Gasteiger partial charge in [-0.25, -0.2) is 4.21 Å². The minimum Gasteiger partial charge on any atom is -0.383 e. The second-order valence-corrected chi connectivity index (χ2v) is 11.1. The molecule has 1 aromatic heterocycles. The molecule has 1 aliphatic carbocycles. The minimum absolute atomic E-state index is 0.107. The van der Waals surface area contributed by atoms with Gasteiger partial charge in [-0.2, -0.15) is 4.98 Å². The van der Waals surface area contributed by atoms with Crippen LogP contribution in [0.15, 0.2) is 35.1 Å². The number of benzene rings is 1. The summed E-state index contributed by atoms with van der Waals surface area (Å²) in [7, 11) is 0.351. The summed E-state index contributed by atoms with van der Waals surface area (Å²) in [5.41, 5.74) is 8.57. The zero-order valence-corrected chi connectivity index (χ0v) is 18.7. The van der Waals surface area contributed by atoms with E-state index in [4.69, 9.17) is 10.9 Å². The first-order chi connectivity index (χ1) is 14.1. The molecule has 162 valence electrons. The average molecular weight is 430 g/mol. The van der Waals surface area contributed by atoms with Crippen molar-refractivity contribution in [2.75, 3.05) is 23.7 Å².